The fraction of sp³-hybridized carbons (Fsp3) is 0.625. The summed E-state index contributed by atoms with van der Waals surface area (Å²) in [6, 6.07) is 2.77. The molecule has 1 N–H and O–H groups in total. The van der Waals surface area contributed by atoms with Gasteiger partial charge in [-0.1, -0.05) is 13.3 Å². The largest absolute Gasteiger partial charge is 0.493 e. The van der Waals surface area contributed by atoms with Gasteiger partial charge in [-0.25, -0.2) is 0 Å². The van der Waals surface area contributed by atoms with E-state index in [1.807, 2.05) is 0 Å². The van der Waals surface area contributed by atoms with Crippen LogP contribution in [0.3, 0.4) is 0 Å². The van der Waals surface area contributed by atoms with Crippen molar-refractivity contribution < 1.29 is 9.47 Å². The first-order valence-corrected chi connectivity index (χ1v) is 8.16. The molecule has 1 atom stereocenters. The molecule has 1 aliphatic rings. The van der Waals surface area contributed by atoms with E-state index in [0.717, 1.165) is 35.4 Å². The van der Waals surface area contributed by atoms with Crippen LogP contribution in [0.4, 0.5) is 0 Å². The Bertz CT molecular complexity index is 456. The van der Waals surface area contributed by atoms with Crippen LogP contribution in [0.25, 0.3) is 0 Å². The number of benzene rings is 1. The molecule has 2 rings (SSSR count). The second-order valence-corrected chi connectivity index (χ2v) is 6.12. The van der Waals surface area contributed by atoms with Gasteiger partial charge in [0.05, 0.1) is 18.7 Å². The predicted molar refractivity (Wildman–Crippen MR) is 86.0 cm³/mol. The van der Waals surface area contributed by atoms with E-state index in [1.54, 1.807) is 14.2 Å². The Labute approximate surface area is 130 Å². The van der Waals surface area contributed by atoms with Crippen molar-refractivity contribution in [3.05, 3.63) is 21.7 Å². The maximum Gasteiger partial charge on any atom is 0.175 e. The van der Waals surface area contributed by atoms with Crippen molar-refractivity contribution in [2.45, 2.75) is 45.1 Å². The monoisotopic (exact) mass is 341 g/mol. The van der Waals surface area contributed by atoms with Crippen LogP contribution >= 0.6 is 15.9 Å². The minimum atomic E-state index is 0.582. The highest BCUT2D eigenvalue weighted by atomic mass is 79.9. The first-order chi connectivity index (χ1) is 9.71. The zero-order valence-electron chi connectivity index (χ0n) is 12.6. The molecule has 1 heterocycles. The van der Waals surface area contributed by atoms with Crippen LogP contribution in [0.2, 0.25) is 0 Å². The Kier molecular flexibility index (Phi) is 5.73. The Morgan fingerprint density at radius 3 is 2.55 bits per heavy atom. The van der Waals surface area contributed by atoms with Crippen LogP contribution in [-0.4, -0.2) is 26.8 Å². The second kappa shape index (κ2) is 7.32. The summed E-state index contributed by atoms with van der Waals surface area (Å²) in [5, 5.41) is 3.62. The quantitative estimate of drug-likeness (QED) is 0.885. The van der Waals surface area contributed by atoms with Gasteiger partial charge in [0, 0.05) is 11.6 Å². The van der Waals surface area contributed by atoms with Crippen molar-refractivity contribution in [3.63, 3.8) is 0 Å². The molecule has 0 amide bonds. The Morgan fingerprint density at radius 1 is 1.25 bits per heavy atom. The summed E-state index contributed by atoms with van der Waals surface area (Å²) in [5.74, 6) is 1.67. The third-order valence-electron chi connectivity index (χ3n) is 4.03. The first-order valence-electron chi connectivity index (χ1n) is 7.36. The van der Waals surface area contributed by atoms with Crippen LogP contribution in [0, 0.1) is 0 Å². The van der Waals surface area contributed by atoms with Gasteiger partial charge in [0.15, 0.2) is 11.5 Å². The lowest BCUT2D eigenvalue weighted by Gasteiger charge is -2.25. The highest BCUT2D eigenvalue weighted by Crippen LogP contribution is 2.41. The molecule has 0 aromatic heterocycles. The molecule has 1 aromatic carbocycles. The molecular formula is C16H24BrNO2. The summed E-state index contributed by atoms with van der Waals surface area (Å²) in [6.07, 6.45) is 5.90. The molecule has 1 aliphatic heterocycles. The van der Waals surface area contributed by atoms with Crippen molar-refractivity contribution in [2.75, 3.05) is 20.8 Å². The molecule has 3 nitrogen and oxygen atoms in total. The minimum Gasteiger partial charge on any atom is -0.493 e. The lowest BCUT2D eigenvalue weighted by molar-refractivity contribution is 0.348. The number of methoxy groups -OCH3 is 2. The van der Waals surface area contributed by atoms with Gasteiger partial charge in [0.25, 0.3) is 0 Å². The Morgan fingerprint density at radius 2 is 2.00 bits per heavy atom. The topological polar surface area (TPSA) is 30.5 Å². The zero-order valence-corrected chi connectivity index (χ0v) is 14.2. The van der Waals surface area contributed by atoms with Gasteiger partial charge in [0.2, 0.25) is 0 Å². The fourth-order valence-electron chi connectivity index (χ4n) is 3.04. The van der Waals surface area contributed by atoms with E-state index < -0.39 is 0 Å². The van der Waals surface area contributed by atoms with Gasteiger partial charge in [-0.05, 0) is 59.8 Å². The van der Waals surface area contributed by atoms with Crippen molar-refractivity contribution >= 4 is 15.9 Å². The van der Waals surface area contributed by atoms with E-state index in [-0.39, 0.29) is 0 Å². The molecule has 0 saturated carbocycles. The standard InChI is InChI=1S/C16H24BrNO2/c1-4-13-11(9-12-7-5-6-8-18-12)10-14(17)16(20-3)15(13)19-2/h10,12,18H,4-9H2,1-3H3. The zero-order chi connectivity index (χ0) is 14.5. The summed E-state index contributed by atoms with van der Waals surface area (Å²) in [4.78, 5) is 0. The molecule has 0 bridgehead atoms. The SMILES string of the molecule is CCc1c(CC2CCCCN2)cc(Br)c(OC)c1OC. The van der Waals surface area contributed by atoms with Crippen LogP contribution in [0.1, 0.15) is 37.3 Å². The first kappa shape index (κ1) is 15.6. The molecule has 20 heavy (non-hydrogen) atoms. The van der Waals surface area contributed by atoms with Gasteiger partial charge < -0.3 is 14.8 Å². The van der Waals surface area contributed by atoms with Crippen molar-refractivity contribution in [2.24, 2.45) is 0 Å². The highest BCUT2D eigenvalue weighted by molar-refractivity contribution is 9.10. The number of ether oxygens (including phenoxy) is 2. The Balaban J connectivity index is 2.33. The number of rotatable bonds is 5. The van der Waals surface area contributed by atoms with E-state index in [2.05, 4.69) is 34.2 Å². The summed E-state index contributed by atoms with van der Waals surface area (Å²) in [6.45, 7) is 3.31. The van der Waals surface area contributed by atoms with E-state index in [9.17, 15) is 0 Å². The van der Waals surface area contributed by atoms with Crippen LogP contribution in [0.15, 0.2) is 10.5 Å². The van der Waals surface area contributed by atoms with E-state index >= 15 is 0 Å². The highest BCUT2D eigenvalue weighted by Gasteiger charge is 2.20. The number of halogens is 1. The number of nitrogens with one attached hydrogen (secondary N) is 1. The van der Waals surface area contributed by atoms with Gasteiger partial charge >= 0.3 is 0 Å². The molecule has 1 unspecified atom stereocenters. The van der Waals surface area contributed by atoms with Crippen molar-refractivity contribution in [3.8, 4) is 11.5 Å². The molecule has 112 valence electrons. The van der Waals surface area contributed by atoms with Gasteiger partial charge in [0.1, 0.15) is 0 Å². The average Bonchev–Trinajstić information content (AvgIpc) is 2.47. The summed E-state index contributed by atoms with van der Waals surface area (Å²) >= 11 is 3.60. The molecule has 0 aliphatic carbocycles. The predicted octanol–water partition coefficient (Wildman–Crippen LogP) is 3.71. The maximum absolute atomic E-state index is 5.59. The van der Waals surface area contributed by atoms with Gasteiger partial charge in [-0.15, -0.1) is 0 Å². The smallest absolute Gasteiger partial charge is 0.175 e. The molecular weight excluding hydrogens is 318 g/mol. The molecule has 1 saturated heterocycles. The van der Waals surface area contributed by atoms with Crippen LogP contribution < -0.4 is 14.8 Å². The Hall–Kier alpha value is -0.740. The summed E-state index contributed by atoms with van der Waals surface area (Å²) < 4.78 is 12.0. The average molecular weight is 342 g/mol. The van der Waals surface area contributed by atoms with E-state index in [4.69, 9.17) is 9.47 Å². The van der Waals surface area contributed by atoms with E-state index in [0.29, 0.717) is 6.04 Å². The minimum absolute atomic E-state index is 0.582. The van der Waals surface area contributed by atoms with Gasteiger partial charge in [-0.3, -0.25) is 0 Å². The molecule has 0 radical (unpaired) electrons. The van der Waals surface area contributed by atoms with Crippen LogP contribution in [0.5, 0.6) is 11.5 Å². The molecule has 1 fully saturated rings. The van der Waals surface area contributed by atoms with Gasteiger partial charge in [-0.2, -0.15) is 0 Å². The third-order valence-corrected chi connectivity index (χ3v) is 4.62. The van der Waals surface area contributed by atoms with Crippen molar-refractivity contribution in [1.29, 1.82) is 0 Å². The lowest BCUT2D eigenvalue weighted by Crippen LogP contribution is -2.35. The molecule has 4 heteroatoms. The number of piperidine rings is 1. The third kappa shape index (κ3) is 3.29. The lowest BCUT2D eigenvalue weighted by atomic mass is 9.93. The maximum atomic E-state index is 5.59. The second-order valence-electron chi connectivity index (χ2n) is 5.27. The fourth-order valence-corrected chi connectivity index (χ4v) is 3.65. The van der Waals surface area contributed by atoms with E-state index in [1.165, 1.54) is 30.4 Å². The summed E-state index contributed by atoms with van der Waals surface area (Å²) in [7, 11) is 3.40. The molecule has 1 aromatic rings. The normalized spacial score (nSPS) is 18.9. The van der Waals surface area contributed by atoms with Crippen LogP contribution in [-0.2, 0) is 12.8 Å². The summed E-state index contributed by atoms with van der Waals surface area (Å²) in [5.41, 5.74) is 2.62. The number of hydrogen-bond donors (Lipinski definition) is 1. The number of hydrogen-bond acceptors (Lipinski definition) is 3. The molecule has 0 spiro atoms. The van der Waals surface area contributed by atoms with Crippen molar-refractivity contribution in [1.82, 2.24) is 5.32 Å².